The molecule has 0 aromatic carbocycles. The molecule has 1 aliphatic rings. The fourth-order valence-corrected chi connectivity index (χ4v) is 2.79. The van der Waals surface area contributed by atoms with Crippen molar-refractivity contribution < 1.29 is 57.1 Å². The molecule has 5 atom stereocenters. The van der Waals surface area contributed by atoms with E-state index >= 15 is 0 Å². The summed E-state index contributed by atoms with van der Waals surface area (Å²) in [4.78, 5) is 46.3. The van der Waals surface area contributed by atoms with Gasteiger partial charge in [-0.2, -0.15) is 0 Å². The van der Waals surface area contributed by atoms with Crippen molar-refractivity contribution in [2.24, 2.45) is 0 Å². The molecule has 0 amide bonds. The average Bonchev–Trinajstić information content (AvgIpc) is 2.66. The molecule has 0 bridgehead atoms. The normalized spacial score (nSPS) is 25.4. The van der Waals surface area contributed by atoms with Crippen LogP contribution in [0.3, 0.4) is 0 Å². The summed E-state index contributed by atoms with van der Waals surface area (Å²) in [5.74, 6) is -2.71. The van der Waals surface area contributed by atoms with Crippen molar-refractivity contribution in [2.45, 2.75) is 58.4 Å². The Bertz CT molecular complexity index is 607. The molecule has 1 rings (SSSR count). The van der Waals surface area contributed by atoms with E-state index in [0.29, 0.717) is 13.2 Å². The second-order valence-corrected chi connectivity index (χ2v) is 6.54. The highest BCUT2D eigenvalue weighted by Gasteiger charge is 2.52. The van der Waals surface area contributed by atoms with Gasteiger partial charge in [0.2, 0.25) is 0 Å². The van der Waals surface area contributed by atoms with E-state index in [2.05, 4.69) is 0 Å². The Morgan fingerprint density at radius 1 is 0.710 bits per heavy atom. The van der Waals surface area contributed by atoms with Crippen molar-refractivity contribution in [3.8, 4) is 0 Å². The zero-order chi connectivity index (χ0) is 23.4. The minimum absolute atomic E-state index is 0.0391. The van der Waals surface area contributed by atoms with E-state index < -0.39 is 54.6 Å². The van der Waals surface area contributed by atoms with Crippen LogP contribution in [0.5, 0.6) is 0 Å². The first kappa shape index (κ1) is 26.8. The molecule has 178 valence electrons. The van der Waals surface area contributed by atoms with Gasteiger partial charge >= 0.3 is 23.9 Å². The van der Waals surface area contributed by atoms with Gasteiger partial charge in [0, 0.05) is 34.8 Å². The lowest BCUT2D eigenvalue weighted by Gasteiger charge is -2.44. The predicted octanol–water partition coefficient (Wildman–Crippen LogP) is -0.251. The maximum absolute atomic E-state index is 11.7. The second kappa shape index (κ2) is 13.9. The molecule has 31 heavy (non-hydrogen) atoms. The van der Waals surface area contributed by atoms with Gasteiger partial charge in [-0.3, -0.25) is 19.2 Å². The molecule has 0 aliphatic carbocycles. The summed E-state index contributed by atoms with van der Waals surface area (Å²) < 4.78 is 42.4. The van der Waals surface area contributed by atoms with Gasteiger partial charge in [0.1, 0.15) is 12.7 Å². The van der Waals surface area contributed by atoms with Gasteiger partial charge in [0.25, 0.3) is 0 Å². The van der Waals surface area contributed by atoms with Crippen LogP contribution in [0, 0.1) is 0 Å². The molecule has 0 spiro atoms. The Morgan fingerprint density at radius 3 is 1.81 bits per heavy atom. The van der Waals surface area contributed by atoms with Crippen molar-refractivity contribution in [1.82, 2.24) is 0 Å². The van der Waals surface area contributed by atoms with Crippen LogP contribution in [0.4, 0.5) is 0 Å². The Labute approximate surface area is 180 Å². The van der Waals surface area contributed by atoms with Gasteiger partial charge in [-0.05, 0) is 0 Å². The van der Waals surface area contributed by atoms with E-state index in [-0.39, 0.29) is 19.8 Å². The quantitative estimate of drug-likeness (QED) is 0.220. The van der Waals surface area contributed by atoms with Crippen molar-refractivity contribution >= 4 is 23.9 Å². The highest BCUT2D eigenvalue weighted by molar-refractivity contribution is 5.68. The zero-order valence-corrected chi connectivity index (χ0v) is 18.3. The molecule has 1 saturated heterocycles. The average molecular weight is 450 g/mol. The van der Waals surface area contributed by atoms with Gasteiger partial charge in [-0.1, -0.05) is 0 Å². The molecule has 1 heterocycles. The Balaban J connectivity index is 3.07. The van der Waals surface area contributed by atoms with Crippen LogP contribution in [0.25, 0.3) is 0 Å². The first-order chi connectivity index (χ1) is 14.6. The number of carbonyl (C=O) groups excluding carboxylic acids is 4. The maximum atomic E-state index is 11.7. The van der Waals surface area contributed by atoms with E-state index in [4.69, 9.17) is 37.9 Å². The highest BCUT2D eigenvalue weighted by atomic mass is 16.7. The van der Waals surface area contributed by atoms with E-state index in [1.54, 1.807) is 0 Å². The van der Waals surface area contributed by atoms with Crippen molar-refractivity contribution in [2.75, 3.05) is 40.1 Å². The number of carbonyl (C=O) groups is 4. The first-order valence-electron chi connectivity index (χ1n) is 9.64. The molecule has 0 radical (unpaired) electrons. The van der Waals surface area contributed by atoms with Crippen LogP contribution in [0.1, 0.15) is 27.7 Å². The van der Waals surface area contributed by atoms with Crippen LogP contribution in [0.15, 0.2) is 0 Å². The van der Waals surface area contributed by atoms with E-state index in [0.717, 1.165) is 20.8 Å². The smallest absolute Gasteiger partial charge is 0.303 e. The van der Waals surface area contributed by atoms with Crippen molar-refractivity contribution in [3.05, 3.63) is 0 Å². The predicted molar refractivity (Wildman–Crippen MR) is 101 cm³/mol. The number of hydrogen-bond acceptors (Lipinski definition) is 12. The number of rotatable bonds is 12. The number of methoxy groups -OCH3 is 1. The topological polar surface area (TPSA) is 142 Å². The van der Waals surface area contributed by atoms with Crippen LogP contribution in [-0.4, -0.2) is 94.7 Å². The standard InChI is InChI=1S/C19H30O12/c1-11(20)27-10-15-16(28-12(2)21)17(29-13(3)22)18(30-14(4)23)19(31-15)26-9-8-25-7-6-24-5/h15-19H,6-10H2,1-5H3/t15-,16-,17+,18+,19+/m1/s1. The van der Waals surface area contributed by atoms with Crippen LogP contribution < -0.4 is 0 Å². The minimum Gasteiger partial charge on any atom is -0.463 e. The summed E-state index contributed by atoms with van der Waals surface area (Å²) in [5, 5.41) is 0. The number of ether oxygens (including phenoxy) is 8. The summed E-state index contributed by atoms with van der Waals surface area (Å²) in [7, 11) is 1.54. The van der Waals surface area contributed by atoms with Crippen molar-refractivity contribution in [3.63, 3.8) is 0 Å². The van der Waals surface area contributed by atoms with Gasteiger partial charge in [-0.15, -0.1) is 0 Å². The number of esters is 4. The third-order valence-corrected chi connectivity index (χ3v) is 3.89. The molecule has 0 N–H and O–H groups in total. The molecule has 0 saturated carbocycles. The minimum atomic E-state index is -1.26. The Morgan fingerprint density at radius 2 is 1.26 bits per heavy atom. The lowest BCUT2D eigenvalue weighted by Crippen LogP contribution is -2.63. The van der Waals surface area contributed by atoms with Gasteiger partial charge in [0.05, 0.1) is 26.4 Å². The van der Waals surface area contributed by atoms with Gasteiger partial charge < -0.3 is 37.9 Å². The molecule has 0 aromatic heterocycles. The van der Waals surface area contributed by atoms with Crippen LogP contribution in [0.2, 0.25) is 0 Å². The molecule has 12 nitrogen and oxygen atoms in total. The maximum Gasteiger partial charge on any atom is 0.303 e. The largest absolute Gasteiger partial charge is 0.463 e. The summed E-state index contributed by atoms with van der Waals surface area (Å²) in [5.41, 5.74) is 0. The summed E-state index contributed by atoms with van der Waals surface area (Å²) in [6.45, 7) is 5.29. The molecule has 1 fully saturated rings. The molecular weight excluding hydrogens is 420 g/mol. The third-order valence-electron chi connectivity index (χ3n) is 3.89. The Hall–Kier alpha value is -2.28. The molecule has 12 heteroatoms. The summed E-state index contributed by atoms with van der Waals surface area (Å²) in [6, 6.07) is 0. The van der Waals surface area contributed by atoms with Gasteiger partial charge in [0.15, 0.2) is 24.6 Å². The second-order valence-electron chi connectivity index (χ2n) is 6.54. The van der Waals surface area contributed by atoms with Crippen LogP contribution in [-0.2, 0) is 57.1 Å². The fourth-order valence-electron chi connectivity index (χ4n) is 2.79. The lowest BCUT2D eigenvalue weighted by molar-refractivity contribution is -0.309. The third kappa shape index (κ3) is 10.0. The zero-order valence-electron chi connectivity index (χ0n) is 18.3. The summed E-state index contributed by atoms with van der Waals surface area (Å²) >= 11 is 0. The van der Waals surface area contributed by atoms with Gasteiger partial charge in [-0.25, -0.2) is 0 Å². The molecular formula is C19H30O12. The molecule has 0 unspecified atom stereocenters. The Kier molecular flexibility index (Phi) is 12.0. The first-order valence-corrected chi connectivity index (χ1v) is 9.64. The monoisotopic (exact) mass is 450 g/mol. The van der Waals surface area contributed by atoms with E-state index in [1.807, 2.05) is 0 Å². The highest BCUT2D eigenvalue weighted by Crippen LogP contribution is 2.29. The number of hydrogen-bond donors (Lipinski definition) is 0. The molecule has 0 aromatic rings. The fraction of sp³-hybridized carbons (Fsp3) is 0.789. The van der Waals surface area contributed by atoms with E-state index in [9.17, 15) is 19.2 Å². The lowest BCUT2D eigenvalue weighted by atomic mass is 9.98. The van der Waals surface area contributed by atoms with Crippen LogP contribution >= 0.6 is 0 Å². The summed E-state index contributed by atoms with van der Waals surface area (Å²) in [6.07, 6.45) is -6.00. The van der Waals surface area contributed by atoms with E-state index in [1.165, 1.54) is 14.0 Å². The SMILES string of the molecule is COCCOCCO[C@H]1O[C@H](COC(C)=O)[C@@H](OC(C)=O)[C@H](OC(C)=O)[C@@H]1OC(C)=O. The van der Waals surface area contributed by atoms with Crippen molar-refractivity contribution in [1.29, 1.82) is 0 Å². The molecule has 1 aliphatic heterocycles.